The van der Waals surface area contributed by atoms with E-state index in [0.717, 1.165) is 48.3 Å². The first-order valence-corrected chi connectivity index (χ1v) is 9.92. The van der Waals surface area contributed by atoms with E-state index in [4.69, 9.17) is 4.74 Å². The number of hydrogen-bond donors (Lipinski definition) is 2. The highest BCUT2D eigenvalue weighted by molar-refractivity contribution is 5.75. The average molecular weight is 394 g/mol. The molecule has 0 saturated carbocycles. The largest absolute Gasteiger partial charge is 0.481 e. The van der Waals surface area contributed by atoms with Crippen molar-refractivity contribution in [3.05, 3.63) is 47.8 Å². The zero-order valence-electron chi connectivity index (χ0n) is 16.4. The molecule has 0 radical (unpaired) electrons. The van der Waals surface area contributed by atoms with Crippen LogP contribution in [0.4, 0.5) is 15.9 Å². The highest BCUT2D eigenvalue weighted by atomic mass is 19.1. The maximum absolute atomic E-state index is 15.1. The van der Waals surface area contributed by atoms with Crippen molar-refractivity contribution in [3.8, 4) is 17.0 Å². The predicted octanol–water partition coefficient (Wildman–Crippen LogP) is 3.68. The van der Waals surface area contributed by atoms with Gasteiger partial charge in [-0.15, -0.1) is 0 Å². The first-order valence-electron chi connectivity index (χ1n) is 9.92. The number of hydrogen-bond acceptors (Lipinski definition) is 6. The van der Waals surface area contributed by atoms with E-state index in [2.05, 4.69) is 25.7 Å². The quantitative estimate of drug-likeness (QED) is 0.691. The Kier molecular flexibility index (Phi) is 4.43. The second-order valence-corrected chi connectivity index (χ2v) is 7.68. The molecule has 1 atom stereocenters. The Morgan fingerprint density at radius 1 is 1.21 bits per heavy atom. The van der Waals surface area contributed by atoms with Crippen LogP contribution in [0.5, 0.6) is 5.75 Å². The van der Waals surface area contributed by atoms with E-state index in [1.165, 1.54) is 6.33 Å². The van der Waals surface area contributed by atoms with Gasteiger partial charge in [0.2, 0.25) is 0 Å². The first-order chi connectivity index (χ1) is 14.1. The fourth-order valence-corrected chi connectivity index (χ4v) is 4.24. The van der Waals surface area contributed by atoms with E-state index in [0.29, 0.717) is 17.4 Å². The molecular weight excluding hydrogens is 371 g/mol. The molecule has 150 valence electrons. The first kappa shape index (κ1) is 18.1. The normalized spacial score (nSPS) is 18.9. The van der Waals surface area contributed by atoms with E-state index < -0.39 is 6.10 Å². The summed E-state index contributed by atoms with van der Waals surface area (Å²) in [7, 11) is 1.86. The van der Waals surface area contributed by atoms with Gasteiger partial charge in [0.1, 0.15) is 18.2 Å². The number of nitrogens with zero attached hydrogens (tertiary/aromatic N) is 4. The van der Waals surface area contributed by atoms with Crippen molar-refractivity contribution in [1.82, 2.24) is 25.1 Å². The lowest BCUT2D eigenvalue weighted by atomic mass is 9.90. The van der Waals surface area contributed by atoms with Gasteiger partial charge in [-0.25, -0.2) is 14.4 Å². The van der Waals surface area contributed by atoms with Gasteiger partial charge in [0.15, 0.2) is 11.6 Å². The number of ether oxygens (including phenoxy) is 1. The minimum atomic E-state index is -0.422. The zero-order chi connectivity index (χ0) is 20.0. The van der Waals surface area contributed by atoms with Crippen LogP contribution in [0, 0.1) is 5.82 Å². The van der Waals surface area contributed by atoms with Gasteiger partial charge in [-0.3, -0.25) is 4.68 Å². The summed E-state index contributed by atoms with van der Waals surface area (Å²) in [5.41, 5.74) is 4.00. The van der Waals surface area contributed by atoms with Crippen LogP contribution in [0.2, 0.25) is 0 Å². The Morgan fingerprint density at radius 2 is 2.03 bits per heavy atom. The Balaban J connectivity index is 1.59. The molecule has 2 aliphatic heterocycles. The van der Waals surface area contributed by atoms with Crippen molar-refractivity contribution in [2.45, 2.75) is 31.8 Å². The molecule has 0 bridgehead atoms. The maximum Gasteiger partial charge on any atom is 0.179 e. The van der Waals surface area contributed by atoms with Gasteiger partial charge in [0, 0.05) is 18.8 Å². The number of fused-ring (bicyclic) bond motifs is 2. The number of piperidine rings is 1. The monoisotopic (exact) mass is 394 g/mol. The molecule has 0 spiro atoms. The van der Waals surface area contributed by atoms with Crippen LogP contribution >= 0.6 is 0 Å². The molecule has 1 aromatic carbocycles. The molecule has 2 aromatic heterocycles. The number of halogens is 1. The van der Waals surface area contributed by atoms with Crippen molar-refractivity contribution >= 4 is 11.5 Å². The standard InChI is InChI=1S/C21H23FN6O/c1-12-18-19(15-9-26-28(2)10-15)24-11-25-21(18)27-17-8-14(7-16(22)20(17)29-12)13-3-5-23-6-4-13/h7-13,23H,3-6H2,1-2H3,(H,24,25,27). The van der Waals surface area contributed by atoms with Crippen molar-refractivity contribution in [2.24, 2.45) is 7.05 Å². The molecule has 5 rings (SSSR count). The summed E-state index contributed by atoms with van der Waals surface area (Å²) in [5, 5.41) is 10.9. The number of nitrogens with one attached hydrogen (secondary N) is 2. The molecule has 2 aliphatic rings. The predicted molar refractivity (Wildman–Crippen MR) is 108 cm³/mol. The Hall–Kier alpha value is -3.00. The van der Waals surface area contributed by atoms with Crippen molar-refractivity contribution in [3.63, 3.8) is 0 Å². The molecule has 1 unspecified atom stereocenters. The lowest BCUT2D eigenvalue weighted by Gasteiger charge is -2.24. The lowest BCUT2D eigenvalue weighted by Crippen LogP contribution is -2.26. The lowest BCUT2D eigenvalue weighted by molar-refractivity contribution is 0.220. The van der Waals surface area contributed by atoms with E-state index in [-0.39, 0.29) is 11.6 Å². The molecule has 7 nitrogen and oxygen atoms in total. The number of rotatable bonds is 2. The summed E-state index contributed by atoms with van der Waals surface area (Å²) in [6.45, 7) is 3.79. The average Bonchev–Trinajstić information content (AvgIpc) is 3.10. The second kappa shape index (κ2) is 7.11. The van der Waals surface area contributed by atoms with E-state index in [9.17, 15) is 0 Å². The molecule has 1 saturated heterocycles. The molecule has 29 heavy (non-hydrogen) atoms. The number of anilines is 2. The maximum atomic E-state index is 15.1. The molecular formula is C21H23FN6O. The van der Waals surface area contributed by atoms with Gasteiger partial charge >= 0.3 is 0 Å². The van der Waals surface area contributed by atoms with Gasteiger partial charge in [0.25, 0.3) is 0 Å². The molecule has 1 fully saturated rings. The zero-order valence-corrected chi connectivity index (χ0v) is 16.4. The molecule has 0 aliphatic carbocycles. The van der Waals surface area contributed by atoms with Crippen LogP contribution in [0.3, 0.4) is 0 Å². The molecule has 2 N–H and O–H groups in total. The number of aryl methyl sites for hydroxylation is 1. The highest BCUT2D eigenvalue weighted by Crippen LogP contribution is 2.44. The van der Waals surface area contributed by atoms with Crippen molar-refractivity contribution in [1.29, 1.82) is 0 Å². The smallest absolute Gasteiger partial charge is 0.179 e. The van der Waals surface area contributed by atoms with E-state index >= 15 is 4.39 Å². The van der Waals surface area contributed by atoms with Crippen LogP contribution in [0.1, 0.15) is 42.9 Å². The number of aromatic nitrogens is 4. The van der Waals surface area contributed by atoms with Crippen LogP contribution < -0.4 is 15.4 Å². The molecule has 0 amide bonds. The minimum Gasteiger partial charge on any atom is -0.481 e. The van der Waals surface area contributed by atoms with Gasteiger partial charge in [-0.05, 0) is 56.5 Å². The number of benzene rings is 1. The Morgan fingerprint density at radius 3 is 2.79 bits per heavy atom. The van der Waals surface area contributed by atoms with Crippen LogP contribution in [0.15, 0.2) is 30.9 Å². The highest BCUT2D eigenvalue weighted by Gasteiger charge is 2.29. The summed E-state index contributed by atoms with van der Waals surface area (Å²) in [4.78, 5) is 8.89. The topological polar surface area (TPSA) is 76.9 Å². The van der Waals surface area contributed by atoms with Gasteiger partial charge in [-0.1, -0.05) is 0 Å². The molecule has 4 heterocycles. The summed E-state index contributed by atoms with van der Waals surface area (Å²) in [5.74, 6) is 0.853. The van der Waals surface area contributed by atoms with Gasteiger partial charge in [0.05, 0.1) is 23.1 Å². The summed E-state index contributed by atoms with van der Waals surface area (Å²) >= 11 is 0. The summed E-state index contributed by atoms with van der Waals surface area (Å²) in [6.07, 6.45) is 6.73. The molecule has 3 aromatic rings. The Labute approximate surface area is 168 Å². The fraction of sp³-hybridized carbons (Fsp3) is 0.381. The third kappa shape index (κ3) is 3.23. The summed E-state index contributed by atoms with van der Waals surface area (Å²) in [6, 6.07) is 3.62. The fourth-order valence-electron chi connectivity index (χ4n) is 4.24. The van der Waals surface area contributed by atoms with Gasteiger partial charge < -0.3 is 15.4 Å². The van der Waals surface area contributed by atoms with Crippen LogP contribution in [-0.4, -0.2) is 32.8 Å². The third-order valence-electron chi connectivity index (χ3n) is 5.69. The van der Waals surface area contributed by atoms with Crippen LogP contribution in [-0.2, 0) is 7.05 Å². The van der Waals surface area contributed by atoms with E-state index in [1.54, 1.807) is 16.9 Å². The SMILES string of the molecule is CC1Oc2c(F)cc(C3CCNCC3)cc2Nc2ncnc(-c3cnn(C)c3)c21. The minimum absolute atomic E-state index is 0.227. The van der Waals surface area contributed by atoms with Crippen LogP contribution in [0.25, 0.3) is 11.3 Å². The van der Waals surface area contributed by atoms with Crippen molar-refractivity contribution in [2.75, 3.05) is 18.4 Å². The van der Waals surface area contributed by atoms with E-state index in [1.807, 2.05) is 26.2 Å². The summed E-state index contributed by atoms with van der Waals surface area (Å²) < 4.78 is 22.9. The second-order valence-electron chi connectivity index (χ2n) is 7.68. The van der Waals surface area contributed by atoms with Crippen molar-refractivity contribution < 1.29 is 9.13 Å². The van der Waals surface area contributed by atoms with Gasteiger partial charge in [-0.2, -0.15) is 5.10 Å². The third-order valence-corrected chi connectivity index (χ3v) is 5.69. The molecule has 8 heteroatoms. The Bertz CT molecular complexity index is 1060.